The van der Waals surface area contributed by atoms with Crippen LogP contribution in [-0.4, -0.2) is 26.4 Å². The van der Waals surface area contributed by atoms with E-state index >= 15 is 0 Å². The van der Waals surface area contributed by atoms with E-state index in [9.17, 15) is 105 Å². The highest BCUT2D eigenvalue weighted by Gasteiger charge is 2.33. The molecular formula is C114H108F24O4. The Hall–Kier alpha value is -11.8. The number of hydrogen-bond acceptors (Lipinski definition) is 4. The molecule has 0 aliphatic heterocycles. The van der Waals surface area contributed by atoms with Crippen molar-refractivity contribution in [3.8, 4) is 67.5 Å². The van der Waals surface area contributed by atoms with Crippen LogP contribution >= 0.6 is 0 Å². The lowest BCUT2D eigenvalue weighted by molar-refractivity contribution is 0.188. The molecule has 16 rings (SSSR count). The van der Waals surface area contributed by atoms with Crippen molar-refractivity contribution in [2.75, 3.05) is 26.4 Å². The molecule has 4 aliphatic rings. The maximum atomic E-state index is 14.8. The molecule has 142 heavy (non-hydrogen) atoms. The van der Waals surface area contributed by atoms with Crippen LogP contribution in [0.2, 0.25) is 0 Å². The summed E-state index contributed by atoms with van der Waals surface area (Å²) in [5.74, 6) is -26.1. The Balaban J connectivity index is 0.000000159. The van der Waals surface area contributed by atoms with E-state index in [2.05, 4.69) is 6.92 Å². The second-order valence-corrected chi connectivity index (χ2v) is 37.3. The number of hydrogen-bond donors (Lipinski definition) is 0. The van der Waals surface area contributed by atoms with Crippen LogP contribution in [0.4, 0.5) is 105 Å². The molecule has 0 aromatic heterocycles. The molecule has 0 radical (unpaired) electrons. The number of unbranched alkanes of at least 4 members (excludes halogenated alkanes) is 3. The minimum Gasteiger partial charge on any atom is -0.487 e. The maximum Gasteiger partial charge on any atom is 0.194 e. The quantitative estimate of drug-likeness (QED) is 0.0255. The van der Waals surface area contributed by atoms with E-state index in [1.54, 1.807) is 24.3 Å². The minimum absolute atomic E-state index is 0.0101. The van der Waals surface area contributed by atoms with E-state index < -0.39 is 140 Å². The van der Waals surface area contributed by atoms with E-state index in [1.807, 2.05) is 20.8 Å². The molecule has 4 fully saturated rings. The first-order chi connectivity index (χ1) is 68.0. The third-order valence-electron chi connectivity index (χ3n) is 27.3. The van der Waals surface area contributed by atoms with Crippen LogP contribution in [0.1, 0.15) is 237 Å². The van der Waals surface area contributed by atoms with Crippen LogP contribution in [0, 0.1) is 163 Å². The van der Waals surface area contributed by atoms with Crippen molar-refractivity contribution in [3.63, 3.8) is 0 Å². The Bertz CT molecular complexity index is 6160. The van der Waals surface area contributed by atoms with Crippen LogP contribution in [0.25, 0.3) is 44.5 Å². The highest BCUT2D eigenvalue weighted by Crippen LogP contribution is 2.46. The first kappa shape index (κ1) is 107. The largest absolute Gasteiger partial charge is 0.487 e. The number of aryl methyl sites for hydroxylation is 4. The third kappa shape index (κ3) is 27.6. The van der Waals surface area contributed by atoms with Gasteiger partial charge in [0.1, 0.15) is 23.3 Å². The van der Waals surface area contributed by atoms with Gasteiger partial charge in [-0.1, -0.05) is 102 Å². The van der Waals surface area contributed by atoms with Crippen LogP contribution in [0.5, 0.6) is 23.0 Å². The van der Waals surface area contributed by atoms with Gasteiger partial charge in [-0.05, 0) is 377 Å². The molecule has 0 unspecified atom stereocenters. The Kier molecular flexibility index (Phi) is 37.8. The van der Waals surface area contributed by atoms with Gasteiger partial charge in [0.15, 0.2) is 139 Å². The smallest absolute Gasteiger partial charge is 0.194 e. The molecule has 0 amide bonds. The molecule has 4 nitrogen and oxygen atoms in total. The lowest BCUT2D eigenvalue weighted by atomic mass is 9.78. The Morgan fingerprint density at radius 3 is 0.599 bits per heavy atom. The van der Waals surface area contributed by atoms with Crippen molar-refractivity contribution in [2.45, 2.75) is 218 Å². The number of halogens is 24. The van der Waals surface area contributed by atoms with Gasteiger partial charge in [0.05, 0.1) is 26.4 Å². The van der Waals surface area contributed by atoms with Crippen LogP contribution < -0.4 is 18.9 Å². The Labute approximate surface area is 810 Å². The van der Waals surface area contributed by atoms with Crippen molar-refractivity contribution in [1.82, 2.24) is 0 Å². The van der Waals surface area contributed by atoms with E-state index in [1.165, 1.54) is 97.1 Å². The first-order valence-corrected chi connectivity index (χ1v) is 48.3. The molecule has 0 heterocycles. The molecule has 0 saturated heterocycles. The van der Waals surface area contributed by atoms with Crippen molar-refractivity contribution in [2.24, 2.45) is 23.7 Å². The molecular weight excluding hydrogens is 1890 g/mol. The van der Waals surface area contributed by atoms with Gasteiger partial charge >= 0.3 is 0 Å². The van der Waals surface area contributed by atoms with E-state index in [4.69, 9.17) is 18.9 Å². The number of rotatable bonds is 30. The summed E-state index contributed by atoms with van der Waals surface area (Å²) in [4.78, 5) is 0. The van der Waals surface area contributed by atoms with Gasteiger partial charge in [-0.2, -0.15) is 0 Å². The standard InChI is InChI=1S/C30H30F6O.C29H28F6O.C28H26F6O.C27H24F6O/c1-2-3-4-5-19-12-27(34)30(28(35)13-19)37-17-18-6-8-20(9-7-18)21-10-11-23(24(31)14-21)22-15-25(32)29(36)26(33)16-22;1-2-3-4-18-11-26(33)29(27(34)12-18)36-16-17-5-7-19(8-6-17)20-9-10-22(23(30)13-20)21-14-24(31)28(35)25(32)15-21;1-2-3-17-10-25(32)28(26(33)11-17)35-15-16-4-6-18(7-5-16)19-8-9-21(22(29)12-19)20-13-23(30)27(34)24(31)14-20;1-2-15-9-24(31)27(25(32)10-15)34-14-16-3-5-17(6-4-16)18-7-8-20(21(28)11-18)19-12-22(29)26(33)23(30)13-19/h10-16,18,20H,2-9,17H2,1H3;9-15,17,19H,2-8,16H2,1H3;8-14,16,18H,2-7,15H2,1H3;7-13,16-17H,2-6,14H2,1H3. The van der Waals surface area contributed by atoms with Crippen molar-refractivity contribution in [3.05, 3.63) is 354 Å². The van der Waals surface area contributed by atoms with Crippen molar-refractivity contribution >= 4 is 0 Å². The summed E-state index contributed by atoms with van der Waals surface area (Å²) < 4.78 is 357. The molecule has 4 saturated carbocycles. The highest BCUT2D eigenvalue weighted by molar-refractivity contribution is 5.68. The van der Waals surface area contributed by atoms with Crippen LogP contribution in [0.15, 0.2) is 170 Å². The summed E-state index contributed by atoms with van der Waals surface area (Å²) in [5.41, 5.74) is 5.11. The first-order valence-electron chi connectivity index (χ1n) is 48.3. The third-order valence-corrected chi connectivity index (χ3v) is 27.3. The summed E-state index contributed by atoms with van der Waals surface area (Å²) in [7, 11) is 0. The summed E-state index contributed by atoms with van der Waals surface area (Å²) in [6.07, 6.45) is 19.8. The number of ether oxygens (including phenoxy) is 4. The molecule has 0 atom stereocenters. The zero-order chi connectivity index (χ0) is 102. The van der Waals surface area contributed by atoms with Gasteiger partial charge in [0.25, 0.3) is 0 Å². The van der Waals surface area contributed by atoms with E-state index in [-0.39, 0.29) is 141 Å². The molecule has 0 bridgehead atoms. The Morgan fingerprint density at radius 2 is 0.401 bits per heavy atom. The fraction of sp³-hybridized carbons (Fsp3) is 0.368. The average Bonchev–Trinajstić information content (AvgIpc) is 0.805. The zero-order valence-corrected chi connectivity index (χ0v) is 78.7. The summed E-state index contributed by atoms with van der Waals surface area (Å²) in [6, 6.07) is 34.7. The lowest BCUT2D eigenvalue weighted by Gasteiger charge is -2.29. The average molecular weight is 2000 g/mol. The topological polar surface area (TPSA) is 36.9 Å². The van der Waals surface area contributed by atoms with E-state index in [0.717, 1.165) is 212 Å². The van der Waals surface area contributed by atoms with Gasteiger partial charge in [-0.25, -0.2) is 105 Å². The van der Waals surface area contributed by atoms with Gasteiger partial charge in [0, 0.05) is 22.3 Å². The molecule has 756 valence electrons. The molecule has 0 N–H and O–H groups in total. The molecule has 0 spiro atoms. The monoisotopic (exact) mass is 2000 g/mol. The van der Waals surface area contributed by atoms with Crippen LogP contribution in [-0.2, 0) is 25.7 Å². The molecule has 28 heteroatoms. The molecule has 4 aliphatic carbocycles. The summed E-state index contributed by atoms with van der Waals surface area (Å²) in [5, 5.41) is 0. The van der Waals surface area contributed by atoms with E-state index in [0.29, 0.717) is 47.9 Å². The van der Waals surface area contributed by atoms with Crippen LogP contribution in [0.3, 0.4) is 0 Å². The second-order valence-electron chi connectivity index (χ2n) is 37.3. The summed E-state index contributed by atoms with van der Waals surface area (Å²) in [6.45, 7) is 8.63. The lowest BCUT2D eigenvalue weighted by Crippen LogP contribution is -2.20. The predicted octanol–water partition coefficient (Wildman–Crippen LogP) is 34.8. The van der Waals surface area contributed by atoms with Gasteiger partial charge in [0.2, 0.25) is 0 Å². The van der Waals surface area contributed by atoms with Gasteiger partial charge in [-0.3, -0.25) is 0 Å². The summed E-state index contributed by atoms with van der Waals surface area (Å²) >= 11 is 0. The normalized spacial score (nSPS) is 17.9. The highest BCUT2D eigenvalue weighted by atomic mass is 19.2. The van der Waals surface area contributed by atoms with Gasteiger partial charge in [-0.15, -0.1) is 0 Å². The number of benzene rings is 12. The van der Waals surface area contributed by atoms with Crippen molar-refractivity contribution in [1.29, 1.82) is 0 Å². The fourth-order valence-electron chi connectivity index (χ4n) is 19.3. The molecule has 12 aromatic rings. The van der Waals surface area contributed by atoms with Gasteiger partial charge < -0.3 is 18.9 Å². The maximum absolute atomic E-state index is 14.8. The predicted molar refractivity (Wildman–Crippen MR) is 498 cm³/mol. The zero-order valence-electron chi connectivity index (χ0n) is 78.7. The second kappa shape index (κ2) is 49.9. The van der Waals surface area contributed by atoms with Crippen molar-refractivity contribution < 1.29 is 124 Å². The SMILES string of the molecule is CCCCCc1cc(F)c(OCC2CCC(c3ccc(-c4cc(F)c(F)c(F)c4)c(F)c3)CC2)c(F)c1.CCCCc1cc(F)c(OCC2CCC(c3ccc(-c4cc(F)c(F)c(F)c4)c(F)c3)CC2)c(F)c1.CCCc1cc(F)c(OCC2CCC(c3ccc(-c4cc(F)c(F)c(F)c4)c(F)c3)CC2)c(F)c1.CCc1cc(F)c(OCC2CCC(c3ccc(-c4cc(F)c(F)c(F)c4)c(F)c3)CC2)c(F)c1. The minimum atomic E-state index is -1.59. The fourth-order valence-corrected chi connectivity index (χ4v) is 19.3. The molecule has 12 aromatic carbocycles. The Morgan fingerprint density at radius 1 is 0.197 bits per heavy atom.